The number of methoxy groups -OCH3 is 1. The summed E-state index contributed by atoms with van der Waals surface area (Å²) >= 11 is 6.07. The van der Waals surface area contributed by atoms with Gasteiger partial charge in [0.1, 0.15) is 23.6 Å². The highest BCUT2D eigenvalue weighted by molar-refractivity contribution is 7.92. The third-order valence-corrected chi connectivity index (χ3v) is 6.42. The molecule has 1 atom stereocenters. The lowest BCUT2D eigenvalue weighted by Gasteiger charge is -2.38. The van der Waals surface area contributed by atoms with E-state index in [1.165, 1.54) is 13.2 Å². The van der Waals surface area contributed by atoms with Crippen molar-refractivity contribution in [3.05, 3.63) is 52.5 Å². The van der Waals surface area contributed by atoms with Crippen molar-refractivity contribution in [1.82, 2.24) is 5.32 Å². The minimum Gasteiger partial charge on any atom is -0.495 e. The standard InChI is InChI=1S/C22H27ClN2O5S/c1-14-6-8-19-16(10-14)17(12-22(2,3)30-19)24-21(26)13-25(31(5,27)28)18-11-15(23)7-9-20(18)29-4/h6-11,17H,12-13H2,1-5H3,(H,24,26). The molecule has 31 heavy (non-hydrogen) atoms. The predicted molar refractivity (Wildman–Crippen MR) is 122 cm³/mol. The summed E-state index contributed by atoms with van der Waals surface area (Å²) in [7, 11) is -2.36. The van der Waals surface area contributed by atoms with Crippen molar-refractivity contribution in [1.29, 1.82) is 0 Å². The lowest BCUT2D eigenvalue weighted by molar-refractivity contribution is -0.120. The number of carbonyl (C=O) groups is 1. The predicted octanol–water partition coefficient (Wildman–Crippen LogP) is 3.84. The van der Waals surface area contributed by atoms with Gasteiger partial charge in [0.15, 0.2) is 0 Å². The van der Waals surface area contributed by atoms with Crippen LogP contribution in [-0.4, -0.2) is 39.8 Å². The molecule has 1 amide bonds. The summed E-state index contributed by atoms with van der Waals surface area (Å²) in [5.41, 5.74) is 1.64. The van der Waals surface area contributed by atoms with Gasteiger partial charge in [-0.3, -0.25) is 9.10 Å². The lowest BCUT2D eigenvalue weighted by Crippen LogP contribution is -2.45. The third kappa shape index (κ3) is 5.43. The second-order valence-electron chi connectivity index (χ2n) is 8.31. The zero-order valence-corrected chi connectivity index (χ0v) is 19.8. The van der Waals surface area contributed by atoms with Crippen LogP contribution in [0, 0.1) is 6.92 Å². The molecule has 1 N–H and O–H groups in total. The van der Waals surface area contributed by atoms with Crippen LogP contribution in [0.1, 0.15) is 37.4 Å². The van der Waals surface area contributed by atoms with Gasteiger partial charge in [-0.15, -0.1) is 0 Å². The number of benzene rings is 2. The van der Waals surface area contributed by atoms with Crippen LogP contribution in [0.15, 0.2) is 36.4 Å². The van der Waals surface area contributed by atoms with E-state index in [0.717, 1.165) is 21.7 Å². The summed E-state index contributed by atoms with van der Waals surface area (Å²) in [6.07, 6.45) is 1.59. The Balaban J connectivity index is 1.89. The van der Waals surface area contributed by atoms with Gasteiger partial charge < -0.3 is 14.8 Å². The molecule has 1 unspecified atom stereocenters. The highest BCUT2D eigenvalue weighted by Gasteiger charge is 2.35. The normalized spacial score (nSPS) is 17.3. The number of sulfonamides is 1. The van der Waals surface area contributed by atoms with Gasteiger partial charge >= 0.3 is 0 Å². The Kier molecular flexibility index (Phi) is 6.43. The Morgan fingerprint density at radius 3 is 2.65 bits per heavy atom. The monoisotopic (exact) mass is 466 g/mol. The SMILES string of the molecule is COc1ccc(Cl)cc1N(CC(=O)NC1CC(C)(C)Oc2ccc(C)cc21)S(C)(=O)=O. The van der Waals surface area contributed by atoms with Crippen LogP contribution in [0.25, 0.3) is 0 Å². The van der Waals surface area contributed by atoms with Crippen LogP contribution < -0.4 is 19.1 Å². The van der Waals surface area contributed by atoms with Crippen LogP contribution in [0.5, 0.6) is 11.5 Å². The number of nitrogens with zero attached hydrogens (tertiary/aromatic N) is 1. The number of halogens is 1. The highest BCUT2D eigenvalue weighted by atomic mass is 35.5. The van der Waals surface area contributed by atoms with Gasteiger partial charge in [0, 0.05) is 17.0 Å². The molecule has 2 aromatic carbocycles. The number of hydrogen-bond donors (Lipinski definition) is 1. The number of amides is 1. The quantitative estimate of drug-likeness (QED) is 0.699. The first-order valence-electron chi connectivity index (χ1n) is 9.80. The summed E-state index contributed by atoms with van der Waals surface area (Å²) in [6.45, 7) is 5.47. The Labute approximate surface area is 188 Å². The van der Waals surface area contributed by atoms with E-state index in [1.807, 2.05) is 39.0 Å². The topological polar surface area (TPSA) is 84.9 Å². The molecule has 0 saturated heterocycles. The summed E-state index contributed by atoms with van der Waals surface area (Å²) in [6, 6.07) is 10.1. The molecular formula is C22H27ClN2O5S. The van der Waals surface area contributed by atoms with Gasteiger partial charge in [-0.1, -0.05) is 29.3 Å². The molecule has 3 rings (SSSR count). The van der Waals surface area contributed by atoms with Crippen molar-refractivity contribution in [3.8, 4) is 11.5 Å². The van der Waals surface area contributed by atoms with Crippen molar-refractivity contribution in [3.63, 3.8) is 0 Å². The van der Waals surface area contributed by atoms with Crippen LogP contribution in [0.4, 0.5) is 5.69 Å². The summed E-state index contributed by atoms with van der Waals surface area (Å²) in [5, 5.41) is 3.32. The molecule has 2 aromatic rings. The minimum atomic E-state index is -3.78. The number of aryl methyl sites for hydroxylation is 1. The first kappa shape index (κ1) is 23.2. The highest BCUT2D eigenvalue weighted by Crippen LogP contribution is 2.40. The molecule has 0 bridgehead atoms. The molecule has 0 spiro atoms. The number of anilines is 1. The van der Waals surface area contributed by atoms with E-state index in [1.54, 1.807) is 12.1 Å². The number of ether oxygens (including phenoxy) is 2. The number of rotatable bonds is 6. The van der Waals surface area contributed by atoms with Crippen molar-refractivity contribution >= 4 is 33.2 Å². The maximum atomic E-state index is 13.0. The zero-order valence-electron chi connectivity index (χ0n) is 18.2. The van der Waals surface area contributed by atoms with Gasteiger partial charge in [-0.05, 0) is 45.0 Å². The Morgan fingerprint density at radius 2 is 2.00 bits per heavy atom. The van der Waals surface area contributed by atoms with Gasteiger partial charge in [0.25, 0.3) is 0 Å². The summed E-state index contributed by atoms with van der Waals surface area (Å²) < 4.78 is 37.3. The van der Waals surface area contributed by atoms with Crippen molar-refractivity contribution < 1.29 is 22.7 Å². The maximum absolute atomic E-state index is 13.0. The average Bonchev–Trinajstić information content (AvgIpc) is 2.65. The molecule has 1 heterocycles. The molecule has 168 valence electrons. The van der Waals surface area contributed by atoms with Crippen LogP contribution >= 0.6 is 11.6 Å². The van der Waals surface area contributed by atoms with Crippen LogP contribution in [0.2, 0.25) is 5.02 Å². The van der Waals surface area contributed by atoms with Crippen LogP contribution in [-0.2, 0) is 14.8 Å². The van der Waals surface area contributed by atoms with E-state index in [2.05, 4.69) is 5.32 Å². The van der Waals surface area contributed by atoms with Crippen molar-refractivity contribution in [2.45, 2.75) is 38.8 Å². The molecule has 7 nitrogen and oxygen atoms in total. The fourth-order valence-corrected chi connectivity index (χ4v) is 4.73. The fraction of sp³-hybridized carbons (Fsp3) is 0.409. The molecule has 1 aliphatic rings. The van der Waals surface area contributed by atoms with E-state index in [9.17, 15) is 13.2 Å². The van der Waals surface area contributed by atoms with Gasteiger partial charge in [-0.2, -0.15) is 0 Å². The Morgan fingerprint density at radius 1 is 1.29 bits per heavy atom. The van der Waals surface area contributed by atoms with E-state index in [0.29, 0.717) is 22.9 Å². The van der Waals surface area contributed by atoms with E-state index >= 15 is 0 Å². The molecule has 0 aromatic heterocycles. The van der Waals surface area contributed by atoms with Crippen molar-refractivity contribution in [2.75, 3.05) is 24.2 Å². The minimum absolute atomic E-state index is 0.205. The molecular weight excluding hydrogens is 440 g/mol. The maximum Gasteiger partial charge on any atom is 0.241 e. The largest absolute Gasteiger partial charge is 0.495 e. The Hall–Kier alpha value is -2.45. The summed E-state index contributed by atoms with van der Waals surface area (Å²) in [4.78, 5) is 13.0. The molecule has 0 radical (unpaired) electrons. The average molecular weight is 467 g/mol. The fourth-order valence-electron chi connectivity index (χ4n) is 3.71. The number of nitrogens with one attached hydrogen (secondary N) is 1. The third-order valence-electron chi connectivity index (χ3n) is 5.06. The smallest absolute Gasteiger partial charge is 0.241 e. The first-order chi connectivity index (χ1) is 14.4. The van der Waals surface area contributed by atoms with Gasteiger partial charge in [0.05, 0.1) is 25.1 Å². The van der Waals surface area contributed by atoms with E-state index < -0.39 is 28.1 Å². The molecule has 0 fully saturated rings. The van der Waals surface area contributed by atoms with Crippen LogP contribution in [0.3, 0.4) is 0 Å². The number of carbonyl (C=O) groups excluding carboxylic acids is 1. The second kappa shape index (κ2) is 8.59. The lowest BCUT2D eigenvalue weighted by atomic mass is 9.89. The zero-order chi connectivity index (χ0) is 23.0. The summed E-state index contributed by atoms with van der Waals surface area (Å²) in [5.74, 6) is 0.571. The molecule has 0 saturated carbocycles. The Bertz CT molecular complexity index is 1100. The van der Waals surface area contributed by atoms with E-state index in [-0.39, 0.29) is 11.7 Å². The molecule has 1 aliphatic heterocycles. The van der Waals surface area contributed by atoms with E-state index in [4.69, 9.17) is 21.1 Å². The molecule has 0 aliphatic carbocycles. The van der Waals surface area contributed by atoms with Gasteiger partial charge in [0.2, 0.25) is 15.9 Å². The number of hydrogen-bond acceptors (Lipinski definition) is 5. The molecule has 9 heteroatoms. The van der Waals surface area contributed by atoms with Crippen molar-refractivity contribution in [2.24, 2.45) is 0 Å². The second-order valence-corrected chi connectivity index (χ2v) is 10.7. The number of fused-ring (bicyclic) bond motifs is 1. The first-order valence-corrected chi connectivity index (χ1v) is 12.0. The van der Waals surface area contributed by atoms with Gasteiger partial charge in [-0.25, -0.2) is 8.42 Å².